The van der Waals surface area contributed by atoms with Gasteiger partial charge in [-0.25, -0.2) is 4.98 Å². The van der Waals surface area contributed by atoms with Crippen molar-refractivity contribution in [2.75, 3.05) is 11.9 Å². The fraction of sp³-hybridized carbons (Fsp3) is 0.471. The molecule has 1 fully saturated rings. The van der Waals surface area contributed by atoms with Crippen molar-refractivity contribution in [3.05, 3.63) is 36.4 Å². The van der Waals surface area contributed by atoms with E-state index < -0.39 is 0 Å². The highest BCUT2D eigenvalue weighted by Gasteiger charge is 2.20. The number of pyridine rings is 1. The lowest BCUT2D eigenvalue weighted by Gasteiger charge is -2.28. The molecule has 0 bridgehead atoms. The van der Waals surface area contributed by atoms with Crippen LogP contribution in [-0.2, 0) is 0 Å². The Morgan fingerprint density at radius 3 is 2.84 bits per heavy atom. The third kappa shape index (κ3) is 2.89. The van der Waals surface area contributed by atoms with Gasteiger partial charge in [-0.2, -0.15) is 0 Å². The Bertz CT molecular complexity index is 550. The monoisotopic (exact) mass is 254 g/mol. The zero-order valence-electron chi connectivity index (χ0n) is 11.6. The Balaban J connectivity index is 1.67. The van der Waals surface area contributed by atoms with E-state index >= 15 is 0 Å². The van der Waals surface area contributed by atoms with Crippen LogP contribution in [0.1, 0.15) is 32.6 Å². The molecule has 100 valence electrons. The number of aromatic nitrogens is 1. The summed E-state index contributed by atoms with van der Waals surface area (Å²) in [5, 5.41) is 4.73. The molecule has 1 aromatic heterocycles. The van der Waals surface area contributed by atoms with Gasteiger partial charge in [-0.1, -0.05) is 44.4 Å². The summed E-state index contributed by atoms with van der Waals surface area (Å²) in [7, 11) is 0. The number of fused-ring (bicyclic) bond motifs is 1. The van der Waals surface area contributed by atoms with E-state index in [0.717, 1.165) is 29.7 Å². The Labute approximate surface area is 115 Å². The number of para-hydroxylation sites is 1. The van der Waals surface area contributed by atoms with E-state index in [9.17, 15) is 0 Å². The van der Waals surface area contributed by atoms with Crippen molar-refractivity contribution in [3.8, 4) is 0 Å². The fourth-order valence-electron chi connectivity index (χ4n) is 3.10. The van der Waals surface area contributed by atoms with E-state index in [1.165, 1.54) is 31.1 Å². The molecule has 1 aliphatic rings. The van der Waals surface area contributed by atoms with Crippen LogP contribution in [-0.4, -0.2) is 11.5 Å². The van der Waals surface area contributed by atoms with Gasteiger partial charge in [0, 0.05) is 11.9 Å². The molecule has 1 aliphatic carbocycles. The molecule has 0 aliphatic heterocycles. The van der Waals surface area contributed by atoms with Crippen LogP contribution in [0, 0.1) is 11.8 Å². The summed E-state index contributed by atoms with van der Waals surface area (Å²) in [6.07, 6.45) is 5.55. The van der Waals surface area contributed by atoms with Crippen LogP contribution in [0.5, 0.6) is 0 Å². The van der Waals surface area contributed by atoms with Crippen molar-refractivity contribution >= 4 is 16.7 Å². The van der Waals surface area contributed by atoms with Crippen LogP contribution in [0.15, 0.2) is 36.4 Å². The molecule has 0 saturated heterocycles. The Morgan fingerprint density at radius 2 is 1.95 bits per heavy atom. The van der Waals surface area contributed by atoms with Gasteiger partial charge in [0.15, 0.2) is 0 Å². The second-order valence-corrected chi connectivity index (χ2v) is 5.79. The number of hydrogen-bond donors (Lipinski definition) is 1. The first-order chi connectivity index (χ1) is 9.33. The molecule has 2 unspecified atom stereocenters. The largest absolute Gasteiger partial charge is 0.370 e. The fourth-order valence-corrected chi connectivity index (χ4v) is 3.10. The first-order valence-electron chi connectivity index (χ1n) is 7.42. The lowest BCUT2D eigenvalue weighted by atomic mass is 9.80. The topological polar surface area (TPSA) is 24.9 Å². The lowest BCUT2D eigenvalue weighted by molar-refractivity contribution is 0.268. The molecule has 3 rings (SSSR count). The van der Waals surface area contributed by atoms with E-state index in [1.807, 2.05) is 6.07 Å². The smallest absolute Gasteiger partial charge is 0.126 e. The van der Waals surface area contributed by atoms with Gasteiger partial charge in [-0.05, 0) is 36.5 Å². The summed E-state index contributed by atoms with van der Waals surface area (Å²) in [6, 6.07) is 12.5. The first-order valence-corrected chi connectivity index (χ1v) is 7.42. The summed E-state index contributed by atoms with van der Waals surface area (Å²) < 4.78 is 0. The quantitative estimate of drug-likeness (QED) is 0.874. The molecule has 2 atom stereocenters. The second kappa shape index (κ2) is 5.60. The van der Waals surface area contributed by atoms with Crippen molar-refractivity contribution in [1.29, 1.82) is 0 Å². The van der Waals surface area contributed by atoms with Crippen molar-refractivity contribution < 1.29 is 0 Å². The van der Waals surface area contributed by atoms with Crippen molar-refractivity contribution in [2.24, 2.45) is 11.8 Å². The molecule has 1 aromatic carbocycles. The van der Waals surface area contributed by atoms with Gasteiger partial charge in [0.1, 0.15) is 5.82 Å². The van der Waals surface area contributed by atoms with Crippen molar-refractivity contribution in [1.82, 2.24) is 4.98 Å². The highest BCUT2D eigenvalue weighted by molar-refractivity contribution is 5.79. The molecular formula is C17H22N2. The third-order valence-corrected chi connectivity index (χ3v) is 4.43. The van der Waals surface area contributed by atoms with Gasteiger partial charge >= 0.3 is 0 Å². The third-order valence-electron chi connectivity index (χ3n) is 4.43. The van der Waals surface area contributed by atoms with Crippen LogP contribution < -0.4 is 5.32 Å². The average molecular weight is 254 g/mol. The SMILES string of the molecule is CC1CCCCC1CNc1ccc2ccccc2n1. The number of rotatable bonds is 3. The zero-order chi connectivity index (χ0) is 13.1. The number of benzene rings is 1. The zero-order valence-corrected chi connectivity index (χ0v) is 11.6. The van der Waals surface area contributed by atoms with Crippen LogP contribution in [0.4, 0.5) is 5.82 Å². The number of hydrogen-bond acceptors (Lipinski definition) is 2. The first kappa shape index (κ1) is 12.5. The van der Waals surface area contributed by atoms with Crippen LogP contribution in [0.25, 0.3) is 10.9 Å². The maximum absolute atomic E-state index is 4.67. The molecule has 0 radical (unpaired) electrons. The van der Waals surface area contributed by atoms with Crippen molar-refractivity contribution in [3.63, 3.8) is 0 Å². The number of nitrogens with one attached hydrogen (secondary N) is 1. The standard InChI is InChI=1S/C17H22N2/c1-13-6-2-3-8-15(13)12-18-17-11-10-14-7-4-5-9-16(14)19-17/h4-5,7,9-11,13,15H,2-3,6,8,12H2,1H3,(H,18,19). The van der Waals surface area contributed by atoms with Crippen LogP contribution in [0.2, 0.25) is 0 Å². The maximum atomic E-state index is 4.67. The summed E-state index contributed by atoms with van der Waals surface area (Å²) in [6.45, 7) is 3.45. The minimum absolute atomic E-state index is 0.807. The predicted octanol–water partition coefficient (Wildman–Crippen LogP) is 4.47. The van der Waals surface area contributed by atoms with Crippen LogP contribution >= 0.6 is 0 Å². The van der Waals surface area contributed by atoms with Gasteiger partial charge in [-0.3, -0.25) is 0 Å². The molecule has 2 aromatic rings. The lowest BCUT2D eigenvalue weighted by Crippen LogP contribution is -2.24. The molecule has 1 heterocycles. The summed E-state index contributed by atoms with van der Waals surface area (Å²) >= 11 is 0. The predicted molar refractivity (Wildman–Crippen MR) is 81.4 cm³/mol. The van der Waals surface area contributed by atoms with E-state index in [4.69, 9.17) is 0 Å². The van der Waals surface area contributed by atoms with Gasteiger partial charge in [0.05, 0.1) is 5.52 Å². The summed E-state index contributed by atoms with van der Waals surface area (Å²) in [4.78, 5) is 4.67. The van der Waals surface area contributed by atoms with Crippen molar-refractivity contribution in [2.45, 2.75) is 32.6 Å². The Morgan fingerprint density at radius 1 is 1.11 bits per heavy atom. The van der Waals surface area contributed by atoms with Gasteiger partial charge < -0.3 is 5.32 Å². The molecular weight excluding hydrogens is 232 g/mol. The van der Waals surface area contributed by atoms with Gasteiger partial charge in [-0.15, -0.1) is 0 Å². The second-order valence-electron chi connectivity index (χ2n) is 5.79. The highest BCUT2D eigenvalue weighted by atomic mass is 15.0. The molecule has 1 N–H and O–H groups in total. The van der Waals surface area contributed by atoms with E-state index in [0.29, 0.717) is 0 Å². The summed E-state index contributed by atoms with van der Waals surface area (Å²) in [5.74, 6) is 2.67. The molecule has 2 heteroatoms. The molecule has 2 nitrogen and oxygen atoms in total. The minimum Gasteiger partial charge on any atom is -0.370 e. The van der Waals surface area contributed by atoms with E-state index in [1.54, 1.807) is 0 Å². The summed E-state index contributed by atoms with van der Waals surface area (Å²) in [5.41, 5.74) is 1.07. The Kier molecular flexibility index (Phi) is 3.67. The highest BCUT2D eigenvalue weighted by Crippen LogP contribution is 2.29. The van der Waals surface area contributed by atoms with E-state index in [-0.39, 0.29) is 0 Å². The average Bonchev–Trinajstić information content (AvgIpc) is 2.46. The molecule has 0 spiro atoms. The number of anilines is 1. The number of nitrogens with zero attached hydrogens (tertiary/aromatic N) is 1. The molecule has 1 saturated carbocycles. The van der Waals surface area contributed by atoms with Crippen LogP contribution in [0.3, 0.4) is 0 Å². The Hall–Kier alpha value is -1.57. The molecule has 0 amide bonds. The van der Waals surface area contributed by atoms with Gasteiger partial charge in [0.25, 0.3) is 0 Å². The normalized spacial score (nSPS) is 23.4. The molecule has 19 heavy (non-hydrogen) atoms. The minimum atomic E-state index is 0.807. The van der Waals surface area contributed by atoms with Gasteiger partial charge in [0.2, 0.25) is 0 Å². The van der Waals surface area contributed by atoms with E-state index in [2.05, 4.69) is 47.6 Å². The maximum Gasteiger partial charge on any atom is 0.126 e.